The first-order valence-electron chi connectivity index (χ1n) is 5.21. The third-order valence-corrected chi connectivity index (χ3v) is 4.39. The van der Waals surface area contributed by atoms with E-state index in [1.807, 2.05) is 13.8 Å². The molecule has 0 amide bonds. The fraction of sp³-hybridized carbons (Fsp3) is 1.00. The third kappa shape index (κ3) is 6.21. The van der Waals surface area contributed by atoms with Gasteiger partial charge in [-0.15, -0.1) is 0 Å². The van der Waals surface area contributed by atoms with Crippen LogP contribution in [0.2, 0.25) is 6.55 Å². The molecule has 0 rings (SSSR count). The van der Waals surface area contributed by atoms with Gasteiger partial charge in [0, 0.05) is 13.2 Å². The molecular formula is C9H23NO2Si. The molecule has 0 unspecified atom stereocenters. The zero-order chi connectivity index (χ0) is 10.2. The zero-order valence-corrected chi connectivity index (χ0v) is 10.4. The SMILES string of the molecule is CCCCN[Si](C)(OCC)OCC. The summed E-state index contributed by atoms with van der Waals surface area (Å²) in [6.07, 6.45) is 2.39. The molecule has 0 atom stereocenters. The lowest BCUT2D eigenvalue weighted by Gasteiger charge is -2.26. The summed E-state index contributed by atoms with van der Waals surface area (Å²) in [6, 6.07) is 0. The van der Waals surface area contributed by atoms with Gasteiger partial charge in [-0.05, 0) is 33.4 Å². The Morgan fingerprint density at radius 2 is 1.62 bits per heavy atom. The molecule has 0 aliphatic rings. The average molecular weight is 205 g/mol. The van der Waals surface area contributed by atoms with Gasteiger partial charge in [0.25, 0.3) is 0 Å². The number of unbranched alkanes of at least 4 members (excludes halogenated alkanes) is 1. The van der Waals surface area contributed by atoms with Crippen LogP contribution in [0.5, 0.6) is 0 Å². The van der Waals surface area contributed by atoms with E-state index in [1.165, 1.54) is 12.8 Å². The van der Waals surface area contributed by atoms with Crippen molar-refractivity contribution in [1.82, 2.24) is 4.98 Å². The van der Waals surface area contributed by atoms with Crippen LogP contribution >= 0.6 is 0 Å². The molecule has 0 aromatic rings. The van der Waals surface area contributed by atoms with Crippen LogP contribution in [0.15, 0.2) is 0 Å². The van der Waals surface area contributed by atoms with Crippen molar-refractivity contribution in [1.29, 1.82) is 0 Å². The summed E-state index contributed by atoms with van der Waals surface area (Å²) < 4.78 is 11.2. The fourth-order valence-corrected chi connectivity index (χ4v) is 3.21. The van der Waals surface area contributed by atoms with Crippen LogP contribution in [0.25, 0.3) is 0 Å². The van der Waals surface area contributed by atoms with E-state index in [0.717, 1.165) is 19.8 Å². The second-order valence-electron chi connectivity index (χ2n) is 3.09. The minimum Gasteiger partial charge on any atom is -0.383 e. The first-order valence-corrected chi connectivity index (χ1v) is 7.53. The monoisotopic (exact) mass is 205 g/mol. The van der Waals surface area contributed by atoms with Gasteiger partial charge in [0.1, 0.15) is 0 Å². The van der Waals surface area contributed by atoms with Gasteiger partial charge in [0.05, 0.1) is 0 Å². The summed E-state index contributed by atoms with van der Waals surface area (Å²) in [4.78, 5) is 3.39. The van der Waals surface area contributed by atoms with Crippen molar-refractivity contribution in [2.24, 2.45) is 0 Å². The first-order chi connectivity index (χ1) is 6.18. The van der Waals surface area contributed by atoms with Crippen molar-refractivity contribution < 1.29 is 8.85 Å². The molecule has 4 heteroatoms. The molecule has 0 aliphatic heterocycles. The zero-order valence-electron chi connectivity index (χ0n) is 9.35. The van der Waals surface area contributed by atoms with E-state index in [2.05, 4.69) is 18.5 Å². The largest absolute Gasteiger partial charge is 0.421 e. The molecule has 0 aliphatic carbocycles. The summed E-state index contributed by atoms with van der Waals surface area (Å²) in [6.45, 7) is 10.7. The van der Waals surface area contributed by atoms with Crippen LogP contribution in [-0.2, 0) is 8.85 Å². The highest BCUT2D eigenvalue weighted by atomic mass is 28.4. The predicted molar refractivity (Wildman–Crippen MR) is 57.8 cm³/mol. The maximum absolute atomic E-state index is 5.62. The number of hydrogen-bond donors (Lipinski definition) is 1. The summed E-state index contributed by atoms with van der Waals surface area (Å²) >= 11 is 0. The van der Waals surface area contributed by atoms with E-state index < -0.39 is 8.72 Å². The lowest BCUT2D eigenvalue weighted by atomic mass is 10.3. The van der Waals surface area contributed by atoms with Crippen molar-refractivity contribution >= 4 is 8.72 Å². The van der Waals surface area contributed by atoms with Crippen molar-refractivity contribution in [3.63, 3.8) is 0 Å². The number of nitrogens with one attached hydrogen (secondary N) is 1. The van der Waals surface area contributed by atoms with Gasteiger partial charge in [0.2, 0.25) is 0 Å². The van der Waals surface area contributed by atoms with E-state index >= 15 is 0 Å². The highest BCUT2D eigenvalue weighted by molar-refractivity contribution is 6.63. The first kappa shape index (κ1) is 13.1. The molecule has 3 nitrogen and oxygen atoms in total. The van der Waals surface area contributed by atoms with Crippen LogP contribution in [-0.4, -0.2) is 28.5 Å². The van der Waals surface area contributed by atoms with Crippen LogP contribution in [0.3, 0.4) is 0 Å². The van der Waals surface area contributed by atoms with Crippen molar-refractivity contribution in [2.45, 2.75) is 40.2 Å². The smallest absolute Gasteiger partial charge is 0.383 e. The highest BCUT2D eigenvalue weighted by Gasteiger charge is 2.30. The predicted octanol–water partition coefficient (Wildman–Crippen LogP) is 2.02. The second-order valence-corrected chi connectivity index (χ2v) is 5.91. The van der Waals surface area contributed by atoms with Crippen LogP contribution in [0.1, 0.15) is 33.6 Å². The quantitative estimate of drug-likeness (QED) is 0.486. The lowest BCUT2D eigenvalue weighted by molar-refractivity contribution is 0.178. The Morgan fingerprint density at radius 3 is 2.00 bits per heavy atom. The molecule has 0 aromatic carbocycles. The molecule has 1 N–H and O–H groups in total. The normalized spacial score (nSPS) is 12.0. The molecule has 0 bridgehead atoms. The number of rotatable bonds is 8. The Bertz CT molecular complexity index is 116. The fourth-order valence-electron chi connectivity index (χ4n) is 1.19. The van der Waals surface area contributed by atoms with Gasteiger partial charge >= 0.3 is 8.72 Å². The van der Waals surface area contributed by atoms with Crippen molar-refractivity contribution in [3.05, 3.63) is 0 Å². The maximum Gasteiger partial charge on any atom is 0.421 e. The van der Waals surface area contributed by atoms with Gasteiger partial charge in [-0.3, -0.25) is 4.98 Å². The molecule has 0 fully saturated rings. The lowest BCUT2D eigenvalue weighted by Crippen LogP contribution is -2.54. The van der Waals surface area contributed by atoms with Gasteiger partial charge < -0.3 is 8.85 Å². The Balaban J connectivity index is 3.76. The third-order valence-electron chi connectivity index (χ3n) is 1.82. The van der Waals surface area contributed by atoms with Crippen molar-refractivity contribution in [2.75, 3.05) is 19.8 Å². The van der Waals surface area contributed by atoms with Gasteiger partial charge in [-0.2, -0.15) is 0 Å². The molecule has 80 valence electrons. The molecule has 0 aromatic heterocycles. The van der Waals surface area contributed by atoms with Gasteiger partial charge in [0.15, 0.2) is 0 Å². The number of hydrogen-bond acceptors (Lipinski definition) is 3. The minimum atomic E-state index is -2.04. The van der Waals surface area contributed by atoms with Crippen LogP contribution in [0, 0.1) is 0 Å². The van der Waals surface area contributed by atoms with Crippen LogP contribution < -0.4 is 4.98 Å². The maximum atomic E-state index is 5.62. The average Bonchev–Trinajstić information content (AvgIpc) is 2.05. The van der Waals surface area contributed by atoms with E-state index in [0.29, 0.717) is 0 Å². The van der Waals surface area contributed by atoms with E-state index in [-0.39, 0.29) is 0 Å². The Morgan fingerprint density at radius 1 is 1.08 bits per heavy atom. The van der Waals surface area contributed by atoms with Gasteiger partial charge in [-0.1, -0.05) is 13.3 Å². The molecular weight excluding hydrogens is 182 g/mol. The van der Waals surface area contributed by atoms with Crippen molar-refractivity contribution in [3.8, 4) is 0 Å². The summed E-state index contributed by atoms with van der Waals surface area (Å²) in [5.74, 6) is 0. The minimum absolute atomic E-state index is 0.724. The molecule has 0 radical (unpaired) electrons. The Hall–Kier alpha value is 0.0969. The van der Waals surface area contributed by atoms with Crippen LogP contribution in [0.4, 0.5) is 0 Å². The molecule has 0 saturated carbocycles. The topological polar surface area (TPSA) is 30.5 Å². The van der Waals surface area contributed by atoms with E-state index in [4.69, 9.17) is 8.85 Å². The van der Waals surface area contributed by atoms with Gasteiger partial charge in [-0.25, -0.2) is 0 Å². The molecule has 0 saturated heterocycles. The molecule has 0 spiro atoms. The summed E-state index contributed by atoms with van der Waals surface area (Å²) in [5.41, 5.74) is 0. The summed E-state index contributed by atoms with van der Waals surface area (Å²) in [7, 11) is -2.04. The molecule has 13 heavy (non-hydrogen) atoms. The second kappa shape index (κ2) is 7.50. The molecule has 0 heterocycles. The van der Waals surface area contributed by atoms with E-state index in [1.54, 1.807) is 0 Å². The van der Waals surface area contributed by atoms with E-state index in [9.17, 15) is 0 Å². The Labute approximate surface area is 83.1 Å². The Kier molecular flexibility index (Phi) is 7.55. The summed E-state index contributed by atoms with van der Waals surface area (Å²) in [5, 5.41) is 0. The standard InChI is InChI=1S/C9H23NO2Si/c1-5-8-9-10-13(4,11-6-2)12-7-3/h10H,5-9H2,1-4H3. The highest BCUT2D eigenvalue weighted by Crippen LogP contribution is 2.03.